The fourth-order valence-corrected chi connectivity index (χ4v) is 4.26. The van der Waals surface area contributed by atoms with Crippen LogP contribution in [0.2, 0.25) is 0 Å². The zero-order valence-corrected chi connectivity index (χ0v) is 13.7. The maximum atomic E-state index is 3.79. The van der Waals surface area contributed by atoms with Crippen LogP contribution in [-0.2, 0) is 6.54 Å². The average molecular weight is 286 g/mol. The third kappa shape index (κ3) is 4.08. The van der Waals surface area contributed by atoms with Gasteiger partial charge in [-0.05, 0) is 38.2 Å². The summed E-state index contributed by atoms with van der Waals surface area (Å²) >= 11 is 0. The van der Waals surface area contributed by atoms with Crippen LogP contribution < -0.4 is 5.32 Å². The van der Waals surface area contributed by atoms with Gasteiger partial charge in [0.1, 0.15) is 0 Å². The van der Waals surface area contributed by atoms with E-state index in [2.05, 4.69) is 42.3 Å². The fraction of sp³-hybridized carbons (Fsp3) is 0.684. The fourth-order valence-electron chi connectivity index (χ4n) is 4.26. The summed E-state index contributed by atoms with van der Waals surface area (Å²) in [5.41, 5.74) is 4.27. The van der Waals surface area contributed by atoms with Crippen molar-refractivity contribution in [1.29, 1.82) is 0 Å². The van der Waals surface area contributed by atoms with Crippen molar-refractivity contribution < 1.29 is 0 Å². The summed E-state index contributed by atoms with van der Waals surface area (Å²) in [7, 11) is 0. The molecule has 0 aromatic heterocycles. The van der Waals surface area contributed by atoms with Crippen molar-refractivity contribution in [2.24, 2.45) is 5.92 Å². The van der Waals surface area contributed by atoms with Crippen molar-refractivity contribution >= 4 is 0 Å². The molecule has 1 N–H and O–H groups in total. The van der Waals surface area contributed by atoms with Gasteiger partial charge in [0.25, 0.3) is 0 Å². The number of hydrogen-bond donors (Lipinski definition) is 1. The Hall–Kier alpha value is -0.860. The lowest BCUT2D eigenvalue weighted by molar-refractivity contribution is 0.141. The van der Waals surface area contributed by atoms with E-state index in [1.807, 2.05) is 0 Å². The number of piperazine rings is 1. The molecule has 1 aromatic carbocycles. The van der Waals surface area contributed by atoms with Crippen LogP contribution in [0.3, 0.4) is 0 Å². The second-order valence-corrected chi connectivity index (χ2v) is 7.19. The molecule has 1 atom stereocenters. The molecule has 2 heteroatoms. The third-order valence-corrected chi connectivity index (χ3v) is 5.20. The Labute approximate surface area is 129 Å². The van der Waals surface area contributed by atoms with Gasteiger partial charge in [0.15, 0.2) is 0 Å². The predicted octanol–water partition coefficient (Wildman–Crippen LogP) is 3.66. The highest BCUT2D eigenvalue weighted by Crippen LogP contribution is 2.28. The predicted molar refractivity (Wildman–Crippen MR) is 89.6 cm³/mol. The van der Waals surface area contributed by atoms with Gasteiger partial charge in [-0.1, -0.05) is 48.6 Å². The molecule has 0 bridgehead atoms. The molecule has 2 nitrogen and oxygen atoms in total. The van der Waals surface area contributed by atoms with Gasteiger partial charge < -0.3 is 5.32 Å². The molecule has 1 aliphatic heterocycles. The minimum absolute atomic E-state index is 0.727. The van der Waals surface area contributed by atoms with Gasteiger partial charge in [-0.3, -0.25) is 4.90 Å². The molecular formula is C19H30N2. The first-order chi connectivity index (χ1) is 10.2. The van der Waals surface area contributed by atoms with Crippen LogP contribution in [0.4, 0.5) is 0 Å². The van der Waals surface area contributed by atoms with E-state index in [-0.39, 0.29) is 0 Å². The molecule has 1 saturated heterocycles. The molecule has 0 amide bonds. The first kappa shape index (κ1) is 15.1. The molecule has 2 fully saturated rings. The summed E-state index contributed by atoms with van der Waals surface area (Å²) < 4.78 is 0. The summed E-state index contributed by atoms with van der Waals surface area (Å²) in [6.07, 6.45) is 7.22. The monoisotopic (exact) mass is 286 g/mol. The highest BCUT2D eigenvalue weighted by atomic mass is 15.2. The summed E-state index contributed by atoms with van der Waals surface area (Å²) in [4.78, 5) is 2.66. The van der Waals surface area contributed by atoms with E-state index >= 15 is 0 Å². The van der Waals surface area contributed by atoms with E-state index < -0.39 is 0 Å². The van der Waals surface area contributed by atoms with Gasteiger partial charge in [-0.15, -0.1) is 0 Å². The zero-order valence-electron chi connectivity index (χ0n) is 13.7. The van der Waals surface area contributed by atoms with Crippen LogP contribution >= 0.6 is 0 Å². The molecule has 1 unspecified atom stereocenters. The van der Waals surface area contributed by atoms with Crippen LogP contribution in [0.1, 0.15) is 48.8 Å². The summed E-state index contributed by atoms with van der Waals surface area (Å²) in [6, 6.07) is 7.70. The van der Waals surface area contributed by atoms with Crippen LogP contribution in [-0.4, -0.2) is 30.6 Å². The number of benzene rings is 1. The van der Waals surface area contributed by atoms with Gasteiger partial charge in [0.2, 0.25) is 0 Å². The smallest absolute Gasteiger partial charge is 0.0235 e. The highest BCUT2D eigenvalue weighted by Gasteiger charge is 2.27. The summed E-state index contributed by atoms with van der Waals surface area (Å²) in [5, 5.41) is 3.79. The van der Waals surface area contributed by atoms with E-state index in [4.69, 9.17) is 0 Å². The molecule has 1 aromatic rings. The largest absolute Gasteiger partial charge is 0.311 e. The van der Waals surface area contributed by atoms with Crippen molar-refractivity contribution in [2.75, 3.05) is 19.6 Å². The van der Waals surface area contributed by atoms with Crippen LogP contribution in [0.15, 0.2) is 18.2 Å². The van der Waals surface area contributed by atoms with Crippen molar-refractivity contribution in [1.82, 2.24) is 10.2 Å². The maximum Gasteiger partial charge on any atom is 0.0235 e. The second-order valence-electron chi connectivity index (χ2n) is 7.19. The Balaban J connectivity index is 1.60. The van der Waals surface area contributed by atoms with Crippen LogP contribution in [0.25, 0.3) is 0 Å². The first-order valence-corrected chi connectivity index (χ1v) is 8.73. The van der Waals surface area contributed by atoms with Gasteiger partial charge in [0, 0.05) is 32.2 Å². The van der Waals surface area contributed by atoms with E-state index in [0.717, 1.165) is 25.0 Å². The molecule has 1 heterocycles. The van der Waals surface area contributed by atoms with E-state index in [0.29, 0.717) is 0 Å². The lowest BCUT2D eigenvalue weighted by Crippen LogP contribution is -2.53. The second kappa shape index (κ2) is 6.93. The SMILES string of the molecule is Cc1cc(C)cc(CN2CCNC(C3CCCCC3)C2)c1. The van der Waals surface area contributed by atoms with Crippen molar-refractivity contribution in [3.05, 3.63) is 34.9 Å². The molecule has 0 radical (unpaired) electrons. The normalized spacial score (nSPS) is 25.1. The number of nitrogens with zero attached hydrogens (tertiary/aromatic N) is 1. The van der Waals surface area contributed by atoms with E-state index in [1.165, 1.54) is 61.9 Å². The van der Waals surface area contributed by atoms with Gasteiger partial charge in [-0.2, -0.15) is 0 Å². The van der Waals surface area contributed by atoms with E-state index in [1.54, 1.807) is 0 Å². The lowest BCUT2D eigenvalue weighted by Gasteiger charge is -2.39. The molecule has 0 spiro atoms. The molecule has 1 saturated carbocycles. The molecule has 3 rings (SSSR count). The van der Waals surface area contributed by atoms with Gasteiger partial charge >= 0.3 is 0 Å². The third-order valence-electron chi connectivity index (χ3n) is 5.20. The minimum Gasteiger partial charge on any atom is -0.311 e. The highest BCUT2D eigenvalue weighted by molar-refractivity contribution is 5.28. The molecular weight excluding hydrogens is 256 g/mol. The molecule has 2 aliphatic rings. The van der Waals surface area contributed by atoms with Crippen LogP contribution in [0, 0.1) is 19.8 Å². The average Bonchev–Trinajstić information content (AvgIpc) is 2.47. The quantitative estimate of drug-likeness (QED) is 0.912. The molecule has 1 aliphatic carbocycles. The van der Waals surface area contributed by atoms with Gasteiger partial charge in [0.05, 0.1) is 0 Å². The van der Waals surface area contributed by atoms with E-state index in [9.17, 15) is 0 Å². The Morgan fingerprint density at radius 3 is 2.48 bits per heavy atom. The zero-order chi connectivity index (χ0) is 14.7. The summed E-state index contributed by atoms with van der Waals surface area (Å²) in [6.45, 7) is 9.12. The van der Waals surface area contributed by atoms with Crippen molar-refractivity contribution in [2.45, 2.75) is 58.5 Å². The number of rotatable bonds is 3. The molecule has 116 valence electrons. The van der Waals surface area contributed by atoms with Crippen LogP contribution in [0.5, 0.6) is 0 Å². The van der Waals surface area contributed by atoms with Gasteiger partial charge in [-0.25, -0.2) is 0 Å². The summed E-state index contributed by atoms with van der Waals surface area (Å²) in [5.74, 6) is 0.917. The molecule has 21 heavy (non-hydrogen) atoms. The standard InChI is InChI=1S/C19H30N2/c1-15-10-16(2)12-17(11-15)13-21-9-8-20-19(14-21)18-6-4-3-5-7-18/h10-12,18-20H,3-9,13-14H2,1-2H3. The minimum atomic E-state index is 0.727. The maximum absolute atomic E-state index is 3.79. The van der Waals surface area contributed by atoms with Crippen molar-refractivity contribution in [3.63, 3.8) is 0 Å². The Morgan fingerprint density at radius 2 is 1.76 bits per heavy atom. The Kier molecular flexibility index (Phi) is 4.97. The Morgan fingerprint density at radius 1 is 1.05 bits per heavy atom. The topological polar surface area (TPSA) is 15.3 Å². The number of nitrogens with one attached hydrogen (secondary N) is 1. The Bertz CT molecular complexity index is 442. The number of aryl methyl sites for hydroxylation is 2. The lowest BCUT2D eigenvalue weighted by atomic mass is 9.83. The first-order valence-electron chi connectivity index (χ1n) is 8.73. The van der Waals surface area contributed by atoms with Crippen molar-refractivity contribution in [3.8, 4) is 0 Å². The number of hydrogen-bond acceptors (Lipinski definition) is 2.